The Morgan fingerprint density at radius 1 is 1.32 bits per heavy atom. The van der Waals surface area contributed by atoms with Gasteiger partial charge in [0, 0.05) is 18.3 Å². The van der Waals surface area contributed by atoms with Gasteiger partial charge in [-0.3, -0.25) is 4.79 Å². The van der Waals surface area contributed by atoms with Gasteiger partial charge in [-0.05, 0) is 56.9 Å². The number of hydrogen-bond acceptors (Lipinski definition) is 4. The van der Waals surface area contributed by atoms with E-state index in [1.807, 2.05) is 10.3 Å². The number of nitrogens with zero attached hydrogens (tertiary/aromatic N) is 2. The first-order valence-corrected chi connectivity index (χ1v) is 9.60. The second-order valence-corrected chi connectivity index (χ2v) is 7.57. The molecule has 1 heterocycles. The van der Waals surface area contributed by atoms with Gasteiger partial charge in [0.15, 0.2) is 0 Å². The third kappa shape index (κ3) is 5.05. The normalized spacial score (nSPS) is 12.1. The minimum atomic E-state index is 0.0889. The minimum absolute atomic E-state index is 0.0889. The van der Waals surface area contributed by atoms with Crippen LogP contribution in [0.3, 0.4) is 0 Å². The van der Waals surface area contributed by atoms with Crippen LogP contribution in [0.5, 0.6) is 5.75 Å². The number of amides is 1. The first-order valence-electron chi connectivity index (χ1n) is 8.73. The summed E-state index contributed by atoms with van der Waals surface area (Å²) in [5.41, 5.74) is 4.53. The van der Waals surface area contributed by atoms with Crippen molar-refractivity contribution in [3.8, 4) is 5.75 Å². The maximum Gasteiger partial charge on any atom is 0.220 e. The molecule has 1 aromatic heterocycles. The molecule has 0 aliphatic carbocycles. The van der Waals surface area contributed by atoms with Crippen LogP contribution in [0.1, 0.15) is 54.6 Å². The van der Waals surface area contributed by atoms with Crippen LogP contribution in [0, 0.1) is 20.8 Å². The first kappa shape index (κ1) is 19.4. The van der Waals surface area contributed by atoms with Crippen LogP contribution in [-0.4, -0.2) is 21.8 Å². The summed E-state index contributed by atoms with van der Waals surface area (Å²) in [6.07, 6.45) is 0.936. The Morgan fingerprint density at radius 3 is 2.68 bits per heavy atom. The summed E-state index contributed by atoms with van der Waals surface area (Å²) < 4.78 is 5.99. The third-order valence-corrected chi connectivity index (χ3v) is 5.45. The minimum Gasteiger partial charge on any atom is -0.486 e. The van der Waals surface area contributed by atoms with Crippen LogP contribution in [0.25, 0.3) is 0 Å². The molecule has 1 aromatic carbocycles. The Kier molecular flexibility index (Phi) is 6.59. The lowest BCUT2D eigenvalue weighted by Gasteiger charge is -2.26. The predicted octanol–water partition coefficient (Wildman–Crippen LogP) is 4.79. The Morgan fingerprint density at radius 2 is 2.04 bits per heavy atom. The lowest BCUT2D eigenvalue weighted by atomic mass is 10.1. The fourth-order valence-corrected chi connectivity index (χ4v) is 3.45. The molecule has 0 N–H and O–H groups in total. The highest BCUT2D eigenvalue weighted by Gasteiger charge is 2.17. The Hall–Kier alpha value is -1.88. The molecule has 1 atom stereocenters. The van der Waals surface area contributed by atoms with Gasteiger partial charge in [-0.25, -0.2) is 4.98 Å². The molecule has 1 amide bonds. The molecular weight excluding hydrogens is 332 g/mol. The zero-order chi connectivity index (χ0) is 18.6. The van der Waals surface area contributed by atoms with E-state index < -0.39 is 0 Å². The maximum absolute atomic E-state index is 11.8. The lowest BCUT2D eigenvalue weighted by Crippen LogP contribution is -2.36. The van der Waals surface area contributed by atoms with Gasteiger partial charge in [0.1, 0.15) is 17.4 Å². The van der Waals surface area contributed by atoms with Gasteiger partial charge in [-0.15, -0.1) is 11.3 Å². The summed E-state index contributed by atoms with van der Waals surface area (Å²) in [6, 6.07) is 4.45. The third-order valence-electron chi connectivity index (χ3n) is 4.57. The molecule has 0 unspecified atom stereocenters. The van der Waals surface area contributed by atoms with E-state index in [1.54, 1.807) is 18.3 Å². The molecule has 0 fully saturated rings. The molecule has 0 spiro atoms. The number of benzene rings is 1. The van der Waals surface area contributed by atoms with E-state index in [9.17, 15) is 4.79 Å². The summed E-state index contributed by atoms with van der Waals surface area (Å²) in [7, 11) is 0. The van der Waals surface area contributed by atoms with Crippen LogP contribution in [0.2, 0.25) is 0 Å². The number of carbonyl (C=O) groups is 1. The van der Waals surface area contributed by atoms with Gasteiger partial charge in [0.05, 0.1) is 12.2 Å². The number of hydrogen-bond donors (Lipinski definition) is 0. The summed E-state index contributed by atoms with van der Waals surface area (Å²) in [4.78, 5) is 18.4. The molecule has 2 rings (SSSR count). The van der Waals surface area contributed by atoms with Crippen LogP contribution in [-0.2, 0) is 17.9 Å². The summed E-state index contributed by atoms with van der Waals surface area (Å²) in [5.74, 6) is 1.00. The number of carbonyl (C=O) groups excluding carboxylic acids is 1. The quantitative estimate of drug-likeness (QED) is 0.712. The average Bonchev–Trinajstić information content (AvgIpc) is 3.01. The number of thiazole rings is 1. The monoisotopic (exact) mass is 360 g/mol. The average molecular weight is 361 g/mol. The summed E-state index contributed by atoms with van der Waals surface area (Å²) in [5, 5.41) is 2.95. The molecule has 4 nitrogen and oxygen atoms in total. The molecule has 0 radical (unpaired) electrons. The summed E-state index contributed by atoms with van der Waals surface area (Å²) >= 11 is 1.58. The van der Waals surface area contributed by atoms with E-state index in [0.29, 0.717) is 13.2 Å². The second-order valence-electron chi connectivity index (χ2n) is 6.63. The smallest absolute Gasteiger partial charge is 0.220 e. The highest BCUT2D eigenvalue weighted by atomic mass is 32.1. The molecule has 0 aliphatic rings. The SMILES string of the molecule is CC[C@@H](C)N(Cc1csc(COc2cc(C)cc(C)c2C)n1)C(C)=O. The Bertz CT molecular complexity index is 739. The van der Waals surface area contributed by atoms with E-state index in [2.05, 4.69) is 51.7 Å². The van der Waals surface area contributed by atoms with Crippen molar-refractivity contribution in [3.63, 3.8) is 0 Å². The fraction of sp³-hybridized carbons (Fsp3) is 0.500. The van der Waals surface area contributed by atoms with E-state index in [4.69, 9.17) is 4.74 Å². The molecule has 0 saturated carbocycles. The Labute approximate surface area is 154 Å². The number of ether oxygens (including phenoxy) is 1. The van der Waals surface area contributed by atoms with E-state index >= 15 is 0 Å². The van der Waals surface area contributed by atoms with Crippen molar-refractivity contribution >= 4 is 17.2 Å². The standard InChI is InChI=1S/C20H28N2O2S/c1-7-15(4)22(17(6)23)10-18-12-25-20(21-18)11-24-19-9-13(2)8-14(3)16(19)5/h8-9,12,15H,7,10-11H2,1-6H3/t15-/m1/s1. The van der Waals surface area contributed by atoms with Crippen molar-refractivity contribution in [2.75, 3.05) is 0 Å². The van der Waals surface area contributed by atoms with Crippen LogP contribution in [0.4, 0.5) is 0 Å². The van der Waals surface area contributed by atoms with Gasteiger partial charge in [0.2, 0.25) is 5.91 Å². The molecule has 0 bridgehead atoms. The molecule has 2 aromatic rings. The number of aryl methyl sites for hydroxylation is 2. The number of aromatic nitrogens is 1. The molecule has 25 heavy (non-hydrogen) atoms. The topological polar surface area (TPSA) is 42.4 Å². The fourth-order valence-electron chi connectivity index (χ4n) is 2.75. The second kappa shape index (κ2) is 8.48. The Balaban J connectivity index is 2.03. The zero-order valence-corrected chi connectivity index (χ0v) is 16.9. The molecule has 5 heteroatoms. The van der Waals surface area contributed by atoms with E-state index in [1.165, 1.54) is 16.7 Å². The van der Waals surface area contributed by atoms with Gasteiger partial charge >= 0.3 is 0 Å². The van der Waals surface area contributed by atoms with E-state index in [0.717, 1.165) is 22.9 Å². The molecule has 0 saturated heterocycles. The first-order chi connectivity index (χ1) is 11.8. The molecular formula is C20H28N2O2S. The van der Waals surface area contributed by atoms with Crippen LogP contribution in [0.15, 0.2) is 17.5 Å². The highest BCUT2D eigenvalue weighted by molar-refractivity contribution is 7.09. The van der Waals surface area contributed by atoms with Gasteiger partial charge in [-0.1, -0.05) is 13.0 Å². The van der Waals surface area contributed by atoms with Gasteiger partial charge in [0.25, 0.3) is 0 Å². The summed E-state index contributed by atoms with van der Waals surface area (Å²) in [6.45, 7) is 13.0. The largest absolute Gasteiger partial charge is 0.486 e. The zero-order valence-electron chi connectivity index (χ0n) is 16.0. The molecule has 0 aliphatic heterocycles. The van der Waals surface area contributed by atoms with Gasteiger partial charge < -0.3 is 9.64 Å². The lowest BCUT2D eigenvalue weighted by molar-refractivity contribution is -0.131. The van der Waals surface area contributed by atoms with Crippen molar-refractivity contribution in [2.24, 2.45) is 0 Å². The maximum atomic E-state index is 11.8. The van der Waals surface area contributed by atoms with Crippen LogP contribution >= 0.6 is 11.3 Å². The highest BCUT2D eigenvalue weighted by Crippen LogP contribution is 2.25. The predicted molar refractivity (Wildman–Crippen MR) is 103 cm³/mol. The van der Waals surface area contributed by atoms with Crippen molar-refractivity contribution in [2.45, 2.75) is 67.2 Å². The van der Waals surface area contributed by atoms with Crippen LogP contribution < -0.4 is 4.74 Å². The van der Waals surface area contributed by atoms with E-state index in [-0.39, 0.29) is 11.9 Å². The van der Waals surface area contributed by atoms with Gasteiger partial charge in [-0.2, -0.15) is 0 Å². The molecule has 136 valence electrons. The van der Waals surface area contributed by atoms with Crippen molar-refractivity contribution in [1.82, 2.24) is 9.88 Å². The van der Waals surface area contributed by atoms with Crippen molar-refractivity contribution < 1.29 is 9.53 Å². The van der Waals surface area contributed by atoms with Crippen molar-refractivity contribution in [1.29, 1.82) is 0 Å². The van der Waals surface area contributed by atoms with Crippen molar-refractivity contribution in [3.05, 3.63) is 44.9 Å². The number of rotatable bonds is 7.